The molecule has 0 heterocycles. The molecule has 9 heteroatoms. The van der Waals surface area contributed by atoms with Gasteiger partial charge in [0.15, 0.2) is 0 Å². The van der Waals surface area contributed by atoms with E-state index in [4.69, 9.17) is 9.47 Å². The van der Waals surface area contributed by atoms with E-state index in [0.717, 1.165) is 51.4 Å². The zero-order chi connectivity index (χ0) is 52.0. The molecule has 2 aromatic rings. The Balaban J connectivity index is -0.000000986. The Kier molecular flexibility index (Phi) is 59.1. The van der Waals surface area contributed by atoms with Gasteiger partial charge in [-0.05, 0) is 25.0 Å². The molecule has 0 saturated heterocycles. The molecule has 0 unspecified atom stereocenters. The van der Waals surface area contributed by atoms with E-state index in [-0.39, 0.29) is 46.2 Å². The zero-order valence-electron chi connectivity index (χ0n) is 46.1. The number of benzene rings is 2. The van der Waals surface area contributed by atoms with E-state index >= 15 is 0 Å². The second kappa shape index (κ2) is 58.0. The fraction of sp³-hybridized carbons (Fsp3) is 0.710. The van der Waals surface area contributed by atoms with Crippen LogP contribution < -0.4 is 10.2 Å². The molecule has 0 aliphatic rings. The van der Waals surface area contributed by atoms with E-state index < -0.39 is 23.9 Å². The quantitative estimate of drug-likeness (QED) is 0.0365. The third kappa shape index (κ3) is 47.9. The molecule has 0 saturated carbocycles. The Bertz CT molecular complexity index is 1360. The van der Waals surface area contributed by atoms with Crippen molar-refractivity contribution in [1.29, 1.82) is 0 Å². The molecule has 0 spiro atoms. The van der Waals surface area contributed by atoms with Gasteiger partial charge >= 0.3 is 35.8 Å². The van der Waals surface area contributed by atoms with Gasteiger partial charge in [-0.25, -0.2) is 9.59 Å². The smallest absolute Gasteiger partial charge is 0.545 e. The number of hydrogen-bond acceptors (Lipinski definition) is 8. The maximum atomic E-state index is 12.0. The molecule has 0 N–H and O–H groups in total. The van der Waals surface area contributed by atoms with Gasteiger partial charge in [0.2, 0.25) is 0 Å². The second-order valence-electron chi connectivity index (χ2n) is 19.0. The van der Waals surface area contributed by atoms with Crippen molar-refractivity contribution < 1.29 is 38.9 Å². The average molecular weight is 1100 g/mol. The van der Waals surface area contributed by atoms with Crippen molar-refractivity contribution >= 4 is 47.8 Å². The second-order valence-corrected chi connectivity index (χ2v) is 19.0. The minimum atomic E-state index is -1.36. The first-order valence-electron chi connectivity index (χ1n) is 28.7. The molecule has 0 bridgehead atoms. The van der Waals surface area contributed by atoms with Crippen molar-refractivity contribution in [2.24, 2.45) is 0 Å². The third-order valence-electron chi connectivity index (χ3n) is 12.4. The van der Waals surface area contributed by atoms with Crippen LogP contribution in [-0.4, -0.2) is 61.0 Å². The Morgan fingerprint density at radius 1 is 0.338 bits per heavy atom. The summed E-state index contributed by atoms with van der Waals surface area (Å²) in [6, 6.07) is 12.0. The van der Waals surface area contributed by atoms with Crippen molar-refractivity contribution in [3.8, 4) is 0 Å². The van der Waals surface area contributed by atoms with E-state index in [1.54, 1.807) is 24.3 Å². The van der Waals surface area contributed by atoms with Crippen molar-refractivity contribution in [3.63, 3.8) is 0 Å². The summed E-state index contributed by atoms with van der Waals surface area (Å²) >= 11 is 0. The predicted octanol–water partition coefficient (Wildman–Crippen LogP) is 16.6. The van der Waals surface area contributed by atoms with Crippen molar-refractivity contribution in [2.75, 3.05) is 13.2 Å². The van der Waals surface area contributed by atoms with Gasteiger partial charge < -0.3 is 29.3 Å². The standard InChI is InChI=1S/2C23H36O4.2C8H17.Sn/c2*1-2-3-4-5-6-7-8-9-10-11-12-13-16-19-27-23(26)21-18-15-14-17-20(21)22(24)25;2*1-3-5-7-8-6-4-2;/h2*14-15,17-18H,2-13,16,19H2,1H3,(H,24,25);2*1,3-8H2,2H3;/q;;;;+2/p-2. The van der Waals surface area contributed by atoms with E-state index in [9.17, 15) is 29.4 Å². The zero-order valence-corrected chi connectivity index (χ0v) is 48.9. The van der Waals surface area contributed by atoms with Crippen LogP contribution in [0.2, 0.25) is 0 Å². The van der Waals surface area contributed by atoms with Crippen LogP contribution in [0.15, 0.2) is 48.5 Å². The monoisotopic (exact) mass is 1100 g/mol. The number of carboxylic acid groups (broad SMARTS) is 2. The first kappa shape index (κ1) is 72.4. The number of esters is 2. The summed E-state index contributed by atoms with van der Waals surface area (Å²) in [4.78, 5) is 46.0. The van der Waals surface area contributed by atoms with E-state index in [1.165, 1.54) is 217 Å². The van der Waals surface area contributed by atoms with Crippen LogP contribution in [0.5, 0.6) is 0 Å². The van der Waals surface area contributed by atoms with Gasteiger partial charge in [-0.15, -0.1) is 0 Å². The summed E-state index contributed by atoms with van der Waals surface area (Å²) in [5.41, 5.74) is -0.111. The molecule has 0 fully saturated rings. The topological polar surface area (TPSA) is 133 Å². The van der Waals surface area contributed by atoms with Crippen LogP contribution in [0.4, 0.5) is 0 Å². The van der Waals surface area contributed by atoms with Gasteiger partial charge in [-0.1, -0.05) is 309 Å². The summed E-state index contributed by atoms with van der Waals surface area (Å²) in [7, 11) is 0. The van der Waals surface area contributed by atoms with Crippen LogP contribution in [0.25, 0.3) is 0 Å². The summed E-state index contributed by atoms with van der Waals surface area (Å²) < 4.78 is 10.4. The molecule has 0 aliphatic heterocycles. The summed E-state index contributed by atoms with van der Waals surface area (Å²) in [5.74, 6) is -3.89. The van der Waals surface area contributed by atoms with Gasteiger partial charge in [0.1, 0.15) is 0 Å². The molecular weight excluding hydrogens is 991 g/mol. The van der Waals surface area contributed by atoms with Gasteiger partial charge in [0.05, 0.1) is 36.3 Å². The molecule has 0 aromatic heterocycles. The van der Waals surface area contributed by atoms with Gasteiger partial charge in [-0.2, -0.15) is 0 Å². The number of hydrogen-bond donors (Lipinski definition) is 0. The largest absolute Gasteiger partial charge is 2.00 e. The fourth-order valence-corrected chi connectivity index (χ4v) is 7.96. The van der Waals surface area contributed by atoms with Gasteiger partial charge in [-0.3, -0.25) is 0 Å². The van der Waals surface area contributed by atoms with Crippen molar-refractivity contribution in [2.45, 2.75) is 272 Å². The molecule has 0 atom stereocenters. The molecule has 71 heavy (non-hydrogen) atoms. The van der Waals surface area contributed by atoms with Gasteiger partial charge in [0, 0.05) is 11.1 Å². The maximum Gasteiger partial charge on any atom is 2.00 e. The summed E-state index contributed by atoms with van der Waals surface area (Å²) in [6.07, 6.45) is 48.8. The number of aromatic carboxylic acids is 2. The van der Waals surface area contributed by atoms with Crippen LogP contribution in [-0.2, 0) is 9.47 Å². The summed E-state index contributed by atoms with van der Waals surface area (Å²) in [5, 5.41) is 22.0. The Hall–Kier alpha value is -2.88. The fourth-order valence-electron chi connectivity index (χ4n) is 7.96. The molecule has 0 aliphatic carbocycles. The first-order valence-corrected chi connectivity index (χ1v) is 28.7. The van der Waals surface area contributed by atoms with Gasteiger partial charge in [0.25, 0.3) is 0 Å². The summed E-state index contributed by atoms with van der Waals surface area (Å²) in [6.45, 7) is 17.2. The van der Waals surface area contributed by atoms with Crippen LogP contribution in [0.1, 0.15) is 313 Å². The Morgan fingerprint density at radius 3 is 0.746 bits per heavy atom. The van der Waals surface area contributed by atoms with Crippen LogP contribution in [0, 0.1) is 13.8 Å². The number of ether oxygens (including phenoxy) is 2. The molecule has 8 nitrogen and oxygen atoms in total. The molecule has 4 radical (unpaired) electrons. The van der Waals surface area contributed by atoms with E-state index in [0.29, 0.717) is 13.2 Å². The first-order chi connectivity index (χ1) is 34.2. The minimum absolute atomic E-state index is 0. The number of unbranched alkanes of at least 4 members (excludes halogenated alkanes) is 34. The SMILES string of the molecule is CCCCCCCCCCCCCCCOC(=O)c1ccccc1C(=O)[O-].CCCCCCCCCCCCCCCOC(=O)c1ccccc1C(=O)[O-].[CH2]CCCCCCC.[CH2]CCCCCCC.[Sn+2]. The number of carbonyl (C=O) groups is 4. The number of carbonyl (C=O) groups excluding carboxylic acids is 4. The molecular formula is C62H104O8Sn. The van der Waals surface area contributed by atoms with Crippen LogP contribution >= 0.6 is 0 Å². The molecule has 0 amide bonds. The van der Waals surface area contributed by atoms with Crippen molar-refractivity contribution in [3.05, 3.63) is 84.6 Å². The average Bonchev–Trinajstić information content (AvgIpc) is 3.37. The maximum absolute atomic E-state index is 12.0. The van der Waals surface area contributed by atoms with E-state index in [2.05, 4.69) is 41.5 Å². The number of rotatable bonds is 42. The molecule has 404 valence electrons. The Morgan fingerprint density at radius 2 is 0.535 bits per heavy atom. The van der Waals surface area contributed by atoms with E-state index in [1.807, 2.05) is 0 Å². The minimum Gasteiger partial charge on any atom is -0.545 e. The molecule has 2 rings (SSSR count). The third-order valence-corrected chi connectivity index (χ3v) is 12.4. The van der Waals surface area contributed by atoms with Crippen LogP contribution in [0.3, 0.4) is 0 Å². The number of carboxylic acids is 2. The Labute approximate surface area is 453 Å². The molecule has 2 aromatic carbocycles. The normalized spacial score (nSPS) is 10.3. The van der Waals surface area contributed by atoms with Crippen molar-refractivity contribution in [1.82, 2.24) is 0 Å². The predicted molar refractivity (Wildman–Crippen MR) is 297 cm³/mol.